The first-order chi connectivity index (χ1) is 10.5. The number of methoxy groups -OCH3 is 1. The molecular weight excluding hydrogens is 296 g/mol. The molecule has 120 valence electrons. The summed E-state index contributed by atoms with van der Waals surface area (Å²) < 4.78 is 36.2. The van der Waals surface area contributed by atoms with Crippen molar-refractivity contribution >= 4 is 12.1 Å². The van der Waals surface area contributed by atoms with Gasteiger partial charge in [-0.25, -0.2) is 18.4 Å². The molecule has 1 fully saturated rings. The molecule has 0 heterocycles. The lowest BCUT2D eigenvalue weighted by atomic mass is 10.1. The van der Waals surface area contributed by atoms with Crippen molar-refractivity contribution in [2.24, 2.45) is 5.92 Å². The van der Waals surface area contributed by atoms with E-state index >= 15 is 0 Å². The fourth-order valence-corrected chi connectivity index (χ4v) is 2.04. The maximum atomic E-state index is 13.4. The van der Waals surface area contributed by atoms with Crippen LogP contribution in [0.25, 0.3) is 0 Å². The van der Waals surface area contributed by atoms with E-state index in [2.05, 4.69) is 10.1 Å². The summed E-state index contributed by atoms with van der Waals surface area (Å²) in [7, 11) is 1.23. The van der Waals surface area contributed by atoms with Crippen LogP contribution < -0.4 is 5.32 Å². The van der Waals surface area contributed by atoms with Crippen LogP contribution in [0.3, 0.4) is 0 Å². The average molecular weight is 313 g/mol. The molecule has 0 bridgehead atoms. The van der Waals surface area contributed by atoms with E-state index in [1.54, 1.807) is 0 Å². The second kappa shape index (κ2) is 7.20. The molecule has 5 nitrogen and oxygen atoms in total. The standard InChI is InChI=1S/C15H17F2NO4/c1-21-14(19)13(7-9-5-6-9)18-15(20)22-8-10-11(16)3-2-4-12(10)17/h2-4,9,13H,5-8H2,1H3,(H,18,20)/t13-/m0/s1. The van der Waals surface area contributed by atoms with Gasteiger partial charge in [-0.3, -0.25) is 0 Å². The molecule has 0 aliphatic heterocycles. The number of hydrogen-bond acceptors (Lipinski definition) is 4. The molecule has 1 aliphatic rings. The Kier molecular flexibility index (Phi) is 5.30. The van der Waals surface area contributed by atoms with Crippen LogP contribution in [0.2, 0.25) is 0 Å². The van der Waals surface area contributed by atoms with E-state index in [1.807, 2.05) is 0 Å². The summed E-state index contributed by atoms with van der Waals surface area (Å²) in [5.41, 5.74) is -0.338. The monoisotopic (exact) mass is 313 g/mol. The summed E-state index contributed by atoms with van der Waals surface area (Å²) in [5, 5.41) is 2.37. The zero-order chi connectivity index (χ0) is 16.1. The predicted octanol–water partition coefficient (Wildman–Crippen LogP) is 2.53. The number of amides is 1. The number of carbonyl (C=O) groups excluding carboxylic acids is 2. The van der Waals surface area contributed by atoms with Gasteiger partial charge in [-0.05, 0) is 24.5 Å². The molecule has 1 saturated carbocycles. The fourth-order valence-electron chi connectivity index (χ4n) is 2.04. The zero-order valence-corrected chi connectivity index (χ0v) is 12.1. The molecule has 7 heteroatoms. The summed E-state index contributed by atoms with van der Waals surface area (Å²) in [6, 6.07) is 2.56. The third kappa shape index (κ3) is 4.41. The van der Waals surface area contributed by atoms with Crippen LogP contribution in [0.4, 0.5) is 13.6 Å². The van der Waals surface area contributed by atoms with Gasteiger partial charge in [0.1, 0.15) is 24.3 Å². The Balaban J connectivity index is 1.89. The number of esters is 1. The number of hydrogen-bond donors (Lipinski definition) is 1. The van der Waals surface area contributed by atoms with E-state index in [4.69, 9.17) is 4.74 Å². The highest BCUT2D eigenvalue weighted by Crippen LogP contribution is 2.33. The Morgan fingerprint density at radius 3 is 2.50 bits per heavy atom. The normalized spacial score (nSPS) is 15.0. The number of alkyl carbamates (subject to hydrolysis) is 1. The van der Waals surface area contributed by atoms with Crippen molar-refractivity contribution in [1.82, 2.24) is 5.32 Å². The summed E-state index contributed by atoms with van der Waals surface area (Å²) >= 11 is 0. The van der Waals surface area contributed by atoms with Crippen LogP contribution in [0.5, 0.6) is 0 Å². The van der Waals surface area contributed by atoms with Gasteiger partial charge in [0.25, 0.3) is 0 Å². The molecule has 22 heavy (non-hydrogen) atoms. The minimum absolute atomic E-state index is 0.338. The third-order valence-corrected chi connectivity index (χ3v) is 3.45. The second-order valence-electron chi connectivity index (χ2n) is 5.18. The smallest absolute Gasteiger partial charge is 0.408 e. The lowest BCUT2D eigenvalue weighted by Crippen LogP contribution is -2.42. The predicted molar refractivity (Wildman–Crippen MR) is 72.8 cm³/mol. The second-order valence-corrected chi connectivity index (χ2v) is 5.18. The van der Waals surface area contributed by atoms with Gasteiger partial charge in [-0.15, -0.1) is 0 Å². The zero-order valence-electron chi connectivity index (χ0n) is 12.1. The van der Waals surface area contributed by atoms with Gasteiger partial charge >= 0.3 is 12.1 Å². The number of carbonyl (C=O) groups is 2. The highest BCUT2D eigenvalue weighted by atomic mass is 19.1. The first-order valence-electron chi connectivity index (χ1n) is 6.95. The molecule has 1 aromatic carbocycles. The maximum absolute atomic E-state index is 13.4. The molecule has 1 N–H and O–H groups in total. The van der Waals surface area contributed by atoms with Crippen molar-refractivity contribution in [3.8, 4) is 0 Å². The van der Waals surface area contributed by atoms with Gasteiger partial charge in [0, 0.05) is 0 Å². The minimum Gasteiger partial charge on any atom is -0.467 e. The minimum atomic E-state index is -0.918. The van der Waals surface area contributed by atoms with E-state index < -0.39 is 36.3 Å². The van der Waals surface area contributed by atoms with Gasteiger partial charge in [-0.2, -0.15) is 0 Å². The molecule has 0 saturated heterocycles. The Bertz CT molecular complexity index is 540. The molecular formula is C15H17F2NO4. The molecule has 1 aromatic rings. The van der Waals surface area contributed by atoms with Crippen LogP contribution >= 0.6 is 0 Å². The van der Waals surface area contributed by atoms with Gasteiger partial charge in [0.15, 0.2) is 0 Å². The quantitative estimate of drug-likeness (QED) is 0.820. The molecule has 1 atom stereocenters. The van der Waals surface area contributed by atoms with E-state index in [9.17, 15) is 18.4 Å². The van der Waals surface area contributed by atoms with Gasteiger partial charge in [-0.1, -0.05) is 18.9 Å². The Labute approximate surface area is 126 Å². The molecule has 0 spiro atoms. The molecule has 0 aromatic heterocycles. The van der Waals surface area contributed by atoms with E-state index in [0.29, 0.717) is 12.3 Å². The molecule has 1 amide bonds. The first-order valence-corrected chi connectivity index (χ1v) is 6.95. The van der Waals surface area contributed by atoms with E-state index in [0.717, 1.165) is 25.0 Å². The summed E-state index contributed by atoms with van der Waals surface area (Å²) in [4.78, 5) is 23.3. The Morgan fingerprint density at radius 2 is 1.95 bits per heavy atom. The van der Waals surface area contributed by atoms with Crippen molar-refractivity contribution in [3.63, 3.8) is 0 Å². The van der Waals surface area contributed by atoms with Crippen molar-refractivity contribution in [2.45, 2.75) is 31.9 Å². The number of halogens is 2. The number of benzene rings is 1. The summed E-state index contributed by atoms with van der Waals surface area (Å²) in [6.45, 7) is -0.554. The average Bonchev–Trinajstić information content (AvgIpc) is 3.29. The molecule has 0 unspecified atom stereocenters. The molecule has 2 rings (SSSR count). The summed E-state index contributed by atoms with van der Waals surface area (Å²) in [5.74, 6) is -1.78. The van der Waals surface area contributed by atoms with Gasteiger partial charge in [0.2, 0.25) is 0 Å². The largest absolute Gasteiger partial charge is 0.467 e. The van der Waals surface area contributed by atoms with Crippen molar-refractivity contribution in [2.75, 3.05) is 7.11 Å². The summed E-state index contributed by atoms with van der Waals surface area (Å²) in [6.07, 6.45) is 1.56. The fraction of sp³-hybridized carbons (Fsp3) is 0.467. The highest BCUT2D eigenvalue weighted by Gasteiger charge is 2.31. The van der Waals surface area contributed by atoms with Gasteiger partial charge < -0.3 is 14.8 Å². The Morgan fingerprint density at radius 1 is 1.32 bits per heavy atom. The lowest BCUT2D eigenvalue weighted by molar-refractivity contribution is -0.143. The Hall–Kier alpha value is -2.18. The van der Waals surface area contributed by atoms with Crippen LogP contribution in [-0.4, -0.2) is 25.2 Å². The first kappa shape index (κ1) is 16.2. The van der Waals surface area contributed by atoms with Crippen LogP contribution in [0.15, 0.2) is 18.2 Å². The van der Waals surface area contributed by atoms with E-state index in [1.165, 1.54) is 13.2 Å². The SMILES string of the molecule is COC(=O)[C@H](CC1CC1)NC(=O)OCc1c(F)cccc1F. The van der Waals surface area contributed by atoms with Crippen LogP contribution in [-0.2, 0) is 20.9 Å². The topological polar surface area (TPSA) is 64.6 Å². The van der Waals surface area contributed by atoms with Crippen molar-refractivity contribution < 1.29 is 27.8 Å². The maximum Gasteiger partial charge on any atom is 0.408 e. The number of nitrogens with one attached hydrogen (secondary N) is 1. The molecule has 1 aliphatic carbocycles. The highest BCUT2D eigenvalue weighted by molar-refractivity contribution is 5.81. The van der Waals surface area contributed by atoms with Crippen LogP contribution in [0, 0.1) is 17.6 Å². The molecule has 0 radical (unpaired) electrons. The van der Waals surface area contributed by atoms with Crippen molar-refractivity contribution in [3.05, 3.63) is 35.4 Å². The third-order valence-electron chi connectivity index (χ3n) is 3.45. The number of ether oxygens (including phenoxy) is 2. The van der Waals surface area contributed by atoms with Crippen molar-refractivity contribution in [1.29, 1.82) is 0 Å². The van der Waals surface area contributed by atoms with E-state index in [-0.39, 0.29) is 5.56 Å². The number of rotatable bonds is 6. The van der Waals surface area contributed by atoms with Gasteiger partial charge in [0.05, 0.1) is 12.7 Å². The lowest BCUT2D eigenvalue weighted by Gasteiger charge is -2.16. The van der Waals surface area contributed by atoms with Crippen LogP contribution in [0.1, 0.15) is 24.8 Å².